The summed E-state index contributed by atoms with van der Waals surface area (Å²) in [5.41, 5.74) is 5.02. The fourth-order valence-corrected chi connectivity index (χ4v) is 3.59. The molecular weight excluding hydrogens is 470 g/mol. The van der Waals surface area contributed by atoms with Gasteiger partial charge in [-0.3, -0.25) is 30.0 Å². The number of carbonyl (C=O) groups is 3. The Balaban J connectivity index is 1.53. The molecule has 0 bridgehead atoms. The van der Waals surface area contributed by atoms with Crippen molar-refractivity contribution in [2.24, 2.45) is 0 Å². The predicted molar refractivity (Wildman–Crippen MR) is 134 cm³/mol. The van der Waals surface area contributed by atoms with Gasteiger partial charge >= 0.3 is 0 Å². The summed E-state index contributed by atoms with van der Waals surface area (Å²) in [5, 5.41) is 8.34. The standard InChI is InChI=1S/C25H28ClN5O4/c1-2-3-6-16-31-25(35)20-9-5-4-8-19(20)22(30-31)24(34)29-28-21(32)10-7-15-27-23(33)17-11-13-18(26)14-12-17/h4-5,8-9,11-14H,2-3,6-7,10,15-16H2,1H3,(H,27,33)(H,28,32)(H,29,34). The summed E-state index contributed by atoms with van der Waals surface area (Å²) in [7, 11) is 0. The highest BCUT2D eigenvalue weighted by molar-refractivity contribution is 6.30. The number of rotatable bonds is 10. The smallest absolute Gasteiger partial charge is 0.290 e. The summed E-state index contributed by atoms with van der Waals surface area (Å²) < 4.78 is 1.30. The topological polar surface area (TPSA) is 122 Å². The van der Waals surface area contributed by atoms with Crippen molar-refractivity contribution in [3.63, 3.8) is 0 Å². The van der Waals surface area contributed by atoms with Crippen molar-refractivity contribution < 1.29 is 14.4 Å². The third kappa shape index (κ3) is 7.13. The molecule has 0 aliphatic heterocycles. The van der Waals surface area contributed by atoms with Crippen LogP contribution in [0.15, 0.2) is 53.3 Å². The lowest BCUT2D eigenvalue weighted by molar-refractivity contribution is -0.121. The Morgan fingerprint density at radius 2 is 1.63 bits per heavy atom. The predicted octanol–water partition coefficient (Wildman–Crippen LogP) is 3.21. The molecule has 0 spiro atoms. The van der Waals surface area contributed by atoms with E-state index in [0.717, 1.165) is 19.3 Å². The molecule has 0 unspecified atom stereocenters. The molecule has 0 saturated carbocycles. The van der Waals surface area contributed by atoms with Gasteiger partial charge in [-0.1, -0.05) is 49.6 Å². The van der Waals surface area contributed by atoms with Crippen molar-refractivity contribution in [2.45, 2.75) is 45.6 Å². The van der Waals surface area contributed by atoms with Crippen molar-refractivity contribution in [2.75, 3.05) is 6.54 Å². The van der Waals surface area contributed by atoms with Crippen LogP contribution in [0, 0.1) is 0 Å². The molecule has 0 aliphatic rings. The number of benzene rings is 2. The Morgan fingerprint density at radius 3 is 2.34 bits per heavy atom. The van der Waals surface area contributed by atoms with E-state index in [2.05, 4.69) is 28.2 Å². The second kappa shape index (κ2) is 12.7. The lowest BCUT2D eigenvalue weighted by atomic mass is 10.1. The van der Waals surface area contributed by atoms with Gasteiger partial charge in [0.2, 0.25) is 5.91 Å². The number of nitrogens with one attached hydrogen (secondary N) is 3. The Hall–Kier alpha value is -3.72. The van der Waals surface area contributed by atoms with Crippen LogP contribution >= 0.6 is 11.6 Å². The van der Waals surface area contributed by atoms with Gasteiger partial charge in [0.1, 0.15) is 0 Å². The number of amides is 3. The fraction of sp³-hybridized carbons (Fsp3) is 0.320. The number of fused-ring (bicyclic) bond motifs is 1. The number of hydrogen-bond donors (Lipinski definition) is 3. The Morgan fingerprint density at radius 1 is 0.914 bits per heavy atom. The maximum atomic E-state index is 12.8. The number of aromatic nitrogens is 2. The van der Waals surface area contributed by atoms with Crippen LogP contribution in [0.25, 0.3) is 10.8 Å². The van der Waals surface area contributed by atoms with Crippen molar-refractivity contribution in [1.82, 2.24) is 25.9 Å². The quantitative estimate of drug-likeness (QED) is 0.293. The molecule has 1 aromatic heterocycles. The van der Waals surface area contributed by atoms with Crippen molar-refractivity contribution in [1.29, 1.82) is 0 Å². The maximum Gasteiger partial charge on any atom is 0.290 e. The number of carbonyl (C=O) groups excluding carboxylic acids is 3. The monoisotopic (exact) mass is 497 g/mol. The zero-order valence-electron chi connectivity index (χ0n) is 19.5. The van der Waals surface area contributed by atoms with E-state index in [1.165, 1.54) is 4.68 Å². The molecule has 9 nitrogen and oxygen atoms in total. The molecule has 0 aliphatic carbocycles. The molecule has 2 aromatic carbocycles. The van der Waals surface area contributed by atoms with Gasteiger partial charge in [-0.2, -0.15) is 5.10 Å². The lowest BCUT2D eigenvalue weighted by Crippen LogP contribution is -2.43. The highest BCUT2D eigenvalue weighted by Gasteiger charge is 2.17. The molecule has 10 heteroatoms. The van der Waals surface area contributed by atoms with Gasteiger partial charge in [0.25, 0.3) is 17.4 Å². The van der Waals surface area contributed by atoms with Crippen molar-refractivity contribution in [3.8, 4) is 0 Å². The summed E-state index contributed by atoms with van der Waals surface area (Å²) in [5.74, 6) is -1.29. The van der Waals surface area contributed by atoms with Crippen LogP contribution in [0.4, 0.5) is 0 Å². The van der Waals surface area contributed by atoms with Gasteiger partial charge in [0, 0.05) is 35.5 Å². The van der Waals surface area contributed by atoms with Gasteiger partial charge in [-0.05, 0) is 43.2 Å². The minimum absolute atomic E-state index is 0.0622. The van der Waals surface area contributed by atoms with Crippen LogP contribution in [-0.2, 0) is 11.3 Å². The van der Waals surface area contributed by atoms with Crippen LogP contribution in [0.1, 0.15) is 59.9 Å². The number of halogens is 1. The average Bonchev–Trinajstić information content (AvgIpc) is 2.87. The van der Waals surface area contributed by atoms with E-state index >= 15 is 0 Å². The van der Waals surface area contributed by atoms with Gasteiger partial charge in [-0.15, -0.1) is 0 Å². The number of hydrogen-bond acceptors (Lipinski definition) is 5. The van der Waals surface area contributed by atoms with Gasteiger partial charge in [0.15, 0.2) is 5.69 Å². The second-order valence-corrected chi connectivity index (χ2v) is 8.43. The number of unbranched alkanes of at least 4 members (excludes halogenated alkanes) is 2. The zero-order valence-corrected chi connectivity index (χ0v) is 20.2. The van der Waals surface area contributed by atoms with E-state index in [1.807, 2.05) is 0 Å². The molecule has 0 saturated heterocycles. The van der Waals surface area contributed by atoms with E-state index in [0.29, 0.717) is 34.3 Å². The molecule has 3 amide bonds. The van der Waals surface area contributed by atoms with E-state index in [9.17, 15) is 19.2 Å². The lowest BCUT2D eigenvalue weighted by Gasteiger charge is -2.12. The molecular formula is C25H28ClN5O4. The minimum atomic E-state index is -0.616. The van der Waals surface area contributed by atoms with Gasteiger partial charge in [0.05, 0.1) is 5.39 Å². The summed E-state index contributed by atoms with van der Waals surface area (Å²) in [4.78, 5) is 49.7. The second-order valence-electron chi connectivity index (χ2n) is 8.00. The number of aryl methyl sites for hydroxylation is 1. The molecule has 0 radical (unpaired) electrons. The molecule has 3 rings (SSSR count). The van der Waals surface area contributed by atoms with Crippen LogP contribution in [0.3, 0.4) is 0 Å². The summed E-state index contributed by atoms with van der Waals surface area (Å²) in [6, 6.07) is 13.2. The van der Waals surface area contributed by atoms with Crippen LogP contribution in [0.5, 0.6) is 0 Å². The highest BCUT2D eigenvalue weighted by Crippen LogP contribution is 2.13. The molecule has 0 atom stereocenters. The molecule has 0 fully saturated rings. The average molecular weight is 498 g/mol. The maximum absolute atomic E-state index is 12.8. The van der Waals surface area contributed by atoms with Crippen molar-refractivity contribution in [3.05, 3.63) is 75.2 Å². The Kier molecular flexibility index (Phi) is 9.37. The SMILES string of the molecule is CCCCCn1nc(C(=O)NNC(=O)CCCNC(=O)c2ccc(Cl)cc2)c2ccccc2c1=O. The largest absolute Gasteiger partial charge is 0.352 e. The molecule has 3 aromatic rings. The summed E-state index contributed by atoms with van der Waals surface area (Å²) >= 11 is 5.81. The normalized spacial score (nSPS) is 10.7. The molecule has 35 heavy (non-hydrogen) atoms. The fourth-order valence-electron chi connectivity index (χ4n) is 3.47. The first-order valence-corrected chi connectivity index (χ1v) is 11.9. The van der Waals surface area contributed by atoms with Crippen LogP contribution in [-0.4, -0.2) is 34.0 Å². The van der Waals surface area contributed by atoms with E-state index in [4.69, 9.17) is 11.6 Å². The first-order valence-electron chi connectivity index (χ1n) is 11.5. The minimum Gasteiger partial charge on any atom is -0.352 e. The van der Waals surface area contributed by atoms with E-state index < -0.39 is 11.8 Å². The molecule has 3 N–H and O–H groups in total. The third-order valence-corrected chi connectivity index (χ3v) is 5.60. The van der Waals surface area contributed by atoms with E-state index in [1.54, 1.807) is 48.5 Å². The third-order valence-electron chi connectivity index (χ3n) is 5.34. The number of hydrazine groups is 1. The Labute approximate surface area is 207 Å². The number of nitrogens with zero attached hydrogens (tertiary/aromatic N) is 2. The van der Waals surface area contributed by atoms with Gasteiger partial charge in [-0.25, -0.2) is 4.68 Å². The summed E-state index contributed by atoms with van der Waals surface area (Å²) in [6.45, 7) is 2.76. The van der Waals surface area contributed by atoms with E-state index in [-0.39, 0.29) is 30.1 Å². The summed E-state index contributed by atoms with van der Waals surface area (Å²) in [6.07, 6.45) is 3.18. The zero-order chi connectivity index (χ0) is 25.2. The van der Waals surface area contributed by atoms with Crippen LogP contribution < -0.4 is 21.7 Å². The van der Waals surface area contributed by atoms with Crippen LogP contribution in [0.2, 0.25) is 5.02 Å². The molecule has 1 heterocycles. The van der Waals surface area contributed by atoms with Crippen molar-refractivity contribution >= 4 is 40.1 Å². The first kappa shape index (κ1) is 25.9. The Bertz CT molecular complexity index is 1260. The molecule has 184 valence electrons. The highest BCUT2D eigenvalue weighted by atomic mass is 35.5. The van der Waals surface area contributed by atoms with Gasteiger partial charge < -0.3 is 5.32 Å². The first-order chi connectivity index (χ1) is 16.9.